The van der Waals surface area contributed by atoms with Crippen LogP contribution in [0.3, 0.4) is 0 Å². The van der Waals surface area contributed by atoms with Crippen LogP contribution in [-0.2, 0) is 0 Å². The molecule has 17 heavy (non-hydrogen) atoms. The van der Waals surface area contributed by atoms with Crippen molar-refractivity contribution in [2.45, 2.75) is 0 Å². The molecule has 0 saturated carbocycles. The number of anilines is 2. The summed E-state index contributed by atoms with van der Waals surface area (Å²) in [5, 5.41) is 0. The Kier molecular flexibility index (Phi) is 3.19. The quantitative estimate of drug-likeness (QED) is 0.713. The molecule has 0 spiro atoms. The van der Waals surface area contributed by atoms with Crippen molar-refractivity contribution >= 4 is 17.3 Å². The standard InChI is InChI=1S/C12H18N4O/c1-15-4-6-16(7-5-15)9-2-3-10(12(14)17)11(13)8-9/h2-3,8H,4-7,13H2,1H3,(H2,14,17). The molecule has 5 heteroatoms. The molecular formula is C12H18N4O. The summed E-state index contributed by atoms with van der Waals surface area (Å²) >= 11 is 0. The van der Waals surface area contributed by atoms with E-state index in [1.807, 2.05) is 12.1 Å². The third kappa shape index (κ3) is 2.50. The van der Waals surface area contributed by atoms with Gasteiger partial charge < -0.3 is 21.3 Å². The fourth-order valence-corrected chi connectivity index (χ4v) is 2.04. The predicted octanol–water partition coefficient (Wildman–Crippen LogP) is 0.120. The van der Waals surface area contributed by atoms with E-state index < -0.39 is 5.91 Å². The van der Waals surface area contributed by atoms with Gasteiger partial charge in [-0.15, -0.1) is 0 Å². The molecule has 0 aromatic heterocycles. The lowest BCUT2D eigenvalue weighted by Gasteiger charge is -2.34. The number of primary amides is 1. The monoisotopic (exact) mass is 234 g/mol. The number of carbonyl (C=O) groups excluding carboxylic acids is 1. The van der Waals surface area contributed by atoms with E-state index in [0.717, 1.165) is 31.9 Å². The fraction of sp³-hybridized carbons (Fsp3) is 0.417. The number of nitrogen functional groups attached to an aromatic ring is 1. The number of nitrogens with two attached hydrogens (primary N) is 2. The van der Waals surface area contributed by atoms with Crippen molar-refractivity contribution < 1.29 is 4.79 Å². The van der Waals surface area contributed by atoms with Crippen molar-refractivity contribution in [2.24, 2.45) is 5.73 Å². The van der Waals surface area contributed by atoms with Crippen molar-refractivity contribution in [1.82, 2.24) is 4.90 Å². The van der Waals surface area contributed by atoms with Gasteiger partial charge in [-0.25, -0.2) is 0 Å². The van der Waals surface area contributed by atoms with Gasteiger partial charge in [-0.05, 0) is 25.2 Å². The van der Waals surface area contributed by atoms with Crippen LogP contribution in [0.15, 0.2) is 18.2 Å². The normalized spacial score (nSPS) is 17.1. The summed E-state index contributed by atoms with van der Waals surface area (Å²) < 4.78 is 0. The topological polar surface area (TPSA) is 75.6 Å². The van der Waals surface area contributed by atoms with Crippen molar-refractivity contribution in [3.8, 4) is 0 Å². The molecule has 0 aliphatic carbocycles. The molecule has 2 rings (SSSR count). The maximum Gasteiger partial charge on any atom is 0.250 e. The molecular weight excluding hydrogens is 216 g/mol. The van der Waals surface area contributed by atoms with E-state index in [-0.39, 0.29) is 0 Å². The van der Waals surface area contributed by atoms with Crippen LogP contribution in [0.25, 0.3) is 0 Å². The molecule has 0 atom stereocenters. The molecule has 1 aliphatic rings. The highest BCUT2D eigenvalue weighted by atomic mass is 16.1. The number of benzene rings is 1. The molecule has 1 aliphatic heterocycles. The first kappa shape index (κ1) is 11.7. The van der Waals surface area contributed by atoms with Crippen molar-refractivity contribution in [3.63, 3.8) is 0 Å². The van der Waals surface area contributed by atoms with Crippen LogP contribution >= 0.6 is 0 Å². The summed E-state index contributed by atoms with van der Waals surface area (Å²) in [7, 11) is 2.11. The highest BCUT2D eigenvalue weighted by Gasteiger charge is 2.15. The molecule has 5 nitrogen and oxygen atoms in total. The van der Waals surface area contributed by atoms with Crippen LogP contribution in [-0.4, -0.2) is 44.0 Å². The van der Waals surface area contributed by atoms with Crippen molar-refractivity contribution in [2.75, 3.05) is 43.9 Å². The van der Waals surface area contributed by atoms with E-state index in [4.69, 9.17) is 11.5 Å². The van der Waals surface area contributed by atoms with Gasteiger partial charge in [0, 0.05) is 37.6 Å². The van der Waals surface area contributed by atoms with Gasteiger partial charge in [0.05, 0.1) is 5.56 Å². The van der Waals surface area contributed by atoms with Gasteiger partial charge in [0.15, 0.2) is 0 Å². The van der Waals surface area contributed by atoms with E-state index in [0.29, 0.717) is 11.3 Å². The van der Waals surface area contributed by atoms with Crippen LogP contribution in [0, 0.1) is 0 Å². The van der Waals surface area contributed by atoms with E-state index in [2.05, 4.69) is 16.8 Å². The second-order valence-electron chi connectivity index (χ2n) is 4.43. The van der Waals surface area contributed by atoms with E-state index >= 15 is 0 Å². The zero-order chi connectivity index (χ0) is 12.4. The highest BCUT2D eigenvalue weighted by molar-refractivity contribution is 5.98. The average molecular weight is 234 g/mol. The summed E-state index contributed by atoms with van der Waals surface area (Å²) in [5.41, 5.74) is 12.9. The van der Waals surface area contributed by atoms with Gasteiger partial charge in [-0.2, -0.15) is 0 Å². The Morgan fingerprint density at radius 2 is 1.88 bits per heavy atom. The first-order valence-corrected chi connectivity index (χ1v) is 5.71. The third-order valence-electron chi connectivity index (χ3n) is 3.17. The summed E-state index contributed by atoms with van der Waals surface area (Å²) in [5.74, 6) is -0.479. The lowest BCUT2D eigenvalue weighted by Crippen LogP contribution is -2.44. The average Bonchev–Trinajstić information content (AvgIpc) is 2.29. The van der Waals surface area contributed by atoms with Crippen molar-refractivity contribution in [1.29, 1.82) is 0 Å². The lowest BCUT2D eigenvalue weighted by molar-refractivity contribution is 0.100. The number of rotatable bonds is 2. The number of nitrogens with zero attached hydrogens (tertiary/aromatic N) is 2. The first-order valence-electron chi connectivity index (χ1n) is 5.71. The van der Waals surface area contributed by atoms with Gasteiger partial charge in [0.2, 0.25) is 0 Å². The minimum atomic E-state index is -0.479. The number of likely N-dealkylation sites (N-methyl/N-ethyl adjacent to an activating group) is 1. The Morgan fingerprint density at radius 3 is 2.41 bits per heavy atom. The number of amides is 1. The van der Waals surface area contributed by atoms with Crippen LogP contribution in [0.5, 0.6) is 0 Å². The minimum absolute atomic E-state index is 0.392. The fourth-order valence-electron chi connectivity index (χ4n) is 2.04. The van der Waals surface area contributed by atoms with E-state index in [9.17, 15) is 4.79 Å². The highest BCUT2D eigenvalue weighted by Crippen LogP contribution is 2.22. The molecule has 1 fully saturated rings. The Labute approximate surface area is 101 Å². The predicted molar refractivity (Wildman–Crippen MR) is 69.1 cm³/mol. The first-order chi connectivity index (χ1) is 8.08. The zero-order valence-corrected chi connectivity index (χ0v) is 10.0. The summed E-state index contributed by atoms with van der Waals surface area (Å²) in [6.07, 6.45) is 0. The van der Waals surface area contributed by atoms with Gasteiger partial charge in [0.1, 0.15) is 0 Å². The number of carbonyl (C=O) groups is 1. The Bertz CT molecular complexity index is 425. The largest absolute Gasteiger partial charge is 0.398 e. The van der Waals surface area contributed by atoms with Gasteiger partial charge >= 0.3 is 0 Å². The molecule has 0 unspecified atom stereocenters. The zero-order valence-electron chi connectivity index (χ0n) is 10.0. The second-order valence-corrected chi connectivity index (χ2v) is 4.43. The van der Waals surface area contributed by atoms with E-state index in [1.54, 1.807) is 6.07 Å². The Morgan fingerprint density at radius 1 is 1.24 bits per heavy atom. The van der Waals surface area contributed by atoms with Crippen LogP contribution in [0.2, 0.25) is 0 Å². The third-order valence-corrected chi connectivity index (χ3v) is 3.17. The molecule has 0 bridgehead atoms. The van der Waals surface area contributed by atoms with Gasteiger partial charge in [-0.1, -0.05) is 0 Å². The van der Waals surface area contributed by atoms with Gasteiger partial charge in [-0.3, -0.25) is 4.79 Å². The molecule has 0 radical (unpaired) electrons. The van der Waals surface area contributed by atoms with Crippen LogP contribution in [0.4, 0.5) is 11.4 Å². The summed E-state index contributed by atoms with van der Waals surface area (Å²) in [6.45, 7) is 4.03. The SMILES string of the molecule is CN1CCN(c2ccc(C(N)=O)c(N)c2)CC1. The van der Waals surface area contributed by atoms with Gasteiger partial charge in [0.25, 0.3) is 5.91 Å². The van der Waals surface area contributed by atoms with Crippen LogP contribution in [0.1, 0.15) is 10.4 Å². The molecule has 1 heterocycles. The summed E-state index contributed by atoms with van der Waals surface area (Å²) in [6, 6.07) is 5.43. The molecule has 1 aromatic rings. The number of hydrogen-bond acceptors (Lipinski definition) is 4. The molecule has 4 N–H and O–H groups in total. The minimum Gasteiger partial charge on any atom is -0.398 e. The number of hydrogen-bond donors (Lipinski definition) is 2. The van der Waals surface area contributed by atoms with Crippen molar-refractivity contribution in [3.05, 3.63) is 23.8 Å². The molecule has 1 aromatic carbocycles. The maximum absolute atomic E-state index is 11.1. The Hall–Kier alpha value is -1.75. The summed E-state index contributed by atoms with van der Waals surface area (Å²) in [4.78, 5) is 15.6. The Balaban J connectivity index is 2.17. The molecule has 1 amide bonds. The molecule has 92 valence electrons. The maximum atomic E-state index is 11.1. The van der Waals surface area contributed by atoms with E-state index in [1.165, 1.54) is 0 Å². The van der Waals surface area contributed by atoms with Crippen LogP contribution < -0.4 is 16.4 Å². The molecule has 1 saturated heterocycles. The second kappa shape index (κ2) is 4.63. The lowest BCUT2D eigenvalue weighted by atomic mass is 10.1. The number of piperazine rings is 1. The smallest absolute Gasteiger partial charge is 0.250 e.